The van der Waals surface area contributed by atoms with Crippen molar-refractivity contribution < 1.29 is 24.5 Å². The maximum Gasteiger partial charge on any atom is 0.270 e. The molecule has 0 unspecified atom stereocenters. The van der Waals surface area contributed by atoms with Crippen LogP contribution in [0.2, 0.25) is 0 Å². The van der Waals surface area contributed by atoms with Crippen LogP contribution in [0, 0.1) is 32.8 Å². The Morgan fingerprint density at radius 3 is 2.59 bits per heavy atom. The van der Waals surface area contributed by atoms with E-state index in [-0.39, 0.29) is 48.1 Å². The SMILES string of the molecule is N#CC[NH+](CC#N)Cc1c(O)ccc2c1O/C(=C/c1cccc([N+](=O)[O-])c1)C2=O. The van der Waals surface area contributed by atoms with Crippen LogP contribution in [-0.2, 0) is 6.54 Å². The molecule has 1 heterocycles. The van der Waals surface area contributed by atoms with Crippen molar-refractivity contribution in [2.24, 2.45) is 0 Å². The molecule has 3 rings (SSSR count). The normalized spacial score (nSPS) is 13.6. The van der Waals surface area contributed by atoms with E-state index in [2.05, 4.69) is 0 Å². The summed E-state index contributed by atoms with van der Waals surface area (Å²) < 4.78 is 5.70. The fourth-order valence-electron chi connectivity index (χ4n) is 3.01. The summed E-state index contributed by atoms with van der Waals surface area (Å²) in [5, 5.41) is 39.0. The molecule has 0 fully saturated rings. The molecule has 144 valence electrons. The fraction of sp³-hybridized carbons (Fsp3) is 0.150. The standard InChI is InChI=1S/C20H14N4O5/c21-6-8-23(9-7-22)12-16-17(25)5-4-15-19(26)18(29-20(15)16)11-13-2-1-3-14(10-13)24(27)28/h1-5,10-11,25H,8-9,12H2/p+1/b18-11+. The van der Waals surface area contributed by atoms with Gasteiger partial charge in [0.2, 0.25) is 5.78 Å². The number of nitrogens with zero attached hydrogens (tertiary/aromatic N) is 3. The van der Waals surface area contributed by atoms with Crippen molar-refractivity contribution in [3.63, 3.8) is 0 Å². The summed E-state index contributed by atoms with van der Waals surface area (Å²) in [6.45, 7) is 0.204. The van der Waals surface area contributed by atoms with Gasteiger partial charge in [0.05, 0.1) is 16.1 Å². The second-order valence-electron chi connectivity index (χ2n) is 6.33. The molecule has 2 aromatic rings. The minimum absolute atomic E-state index is 0.0329. The van der Waals surface area contributed by atoms with Crippen molar-refractivity contribution in [1.29, 1.82) is 10.5 Å². The largest absolute Gasteiger partial charge is 0.507 e. The van der Waals surface area contributed by atoms with E-state index in [1.165, 1.54) is 36.4 Å². The van der Waals surface area contributed by atoms with Gasteiger partial charge >= 0.3 is 0 Å². The number of carbonyl (C=O) groups is 1. The number of quaternary nitrogens is 1. The highest BCUT2D eigenvalue weighted by Gasteiger charge is 2.32. The van der Waals surface area contributed by atoms with Crippen molar-refractivity contribution in [3.8, 4) is 23.6 Å². The second-order valence-corrected chi connectivity index (χ2v) is 6.33. The van der Waals surface area contributed by atoms with Gasteiger partial charge in [-0.05, 0) is 23.8 Å². The molecule has 0 saturated heterocycles. The first kappa shape index (κ1) is 19.5. The lowest BCUT2D eigenvalue weighted by Gasteiger charge is -2.15. The first-order valence-corrected chi connectivity index (χ1v) is 8.55. The number of nitrogens with one attached hydrogen (secondary N) is 1. The monoisotopic (exact) mass is 391 g/mol. The van der Waals surface area contributed by atoms with Crippen molar-refractivity contribution in [3.05, 3.63) is 69.0 Å². The minimum atomic E-state index is -0.536. The quantitative estimate of drug-likeness (QED) is 0.327. The highest BCUT2D eigenvalue weighted by atomic mass is 16.6. The molecular formula is C20H15N4O5+. The number of hydrogen-bond donors (Lipinski definition) is 2. The Hall–Kier alpha value is -4.21. The predicted octanol–water partition coefficient (Wildman–Crippen LogP) is 1.35. The van der Waals surface area contributed by atoms with E-state index in [0.29, 0.717) is 16.0 Å². The molecule has 2 N–H and O–H groups in total. The number of nitriles is 2. The molecule has 1 aliphatic heterocycles. The molecule has 9 heteroatoms. The van der Waals surface area contributed by atoms with Crippen LogP contribution in [0.1, 0.15) is 21.5 Å². The Morgan fingerprint density at radius 1 is 1.21 bits per heavy atom. The van der Waals surface area contributed by atoms with Crippen LogP contribution in [0.3, 0.4) is 0 Å². The van der Waals surface area contributed by atoms with Gasteiger partial charge in [-0.1, -0.05) is 12.1 Å². The van der Waals surface area contributed by atoms with Gasteiger partial charge in [0, 0.05) is 12.1 Å². The number of rotatable bonds is 6. The van der Waals surface area contributed by atoms with E-state index in [4.69, 9.17) is 15.3 Å². The van der Waals surface area contributed by atoms with Gasteiger partial charge in [0.25, 0.3) is 5.69 Å². The third-order valence-corrected chi connectivity index (χ3v) is 4.38. The molecule has 0 amide bonds. The third kappa shape index (κ3) is 4.05. The van der Waals surface area contributed by atoms with E-state index < -0.39 is 10.7 Å². The molecule has 29 heavy (non-hydrogen) atoms. The summed E-state index contributed by atoms with van der Waals surface area (Å²) in [6.07, 6.45) is 1.39. The number of fused-ring (bicyclic) bond motifs is 1. The van der Waals surface area contributed by atoms with Crippen LogP contribution < -0.4 is 9.64 Å². The zero-order valence-corrected chi connectivity index (χ0v) is 15.1. The molecule has 9 nitrogen and oxygen atoms in total. The summed E-state index contributed by atoms with van der Waals surface area (Å²) in [5.74, 6) is -0.397. The highest BCUT2D eigenvalue weighted by molar-refractivity contribution is 6.15. The molecule has 0 aliphatic carbocycles. The van der Waals surface area contributed by atoms with Crippen LogP contribution in [-0.4, -0.2) is 28.9 Å². The van der Waals surface area contributed by atoms with Gasteiger partial charge in [0.15, 0.2) is 24.6 Å². The summed E-state index contributed by atoms with van der Waals surface area (Å²) in [4.78, 5) is 23.7. The number of nitro benzene ring substituents is 1. The number of hydrogen-bond acceptors (Lipinski definition) is 7. The topological polar surface area (TPSA) is 142 Å². The van der Waals surface area contributed by atoms with E-state index in [9.17, 15) is 20.0 Å². The predicted molar refractivity (Wildman–Crippen MR) is 99.8 cm³/mol. The van der Waals surface area contributed by atoms with Gasteiger partial charge in [-0.15, -0.1) is 0 Å². The van der Waals surface area contributed by atoms with Crippen LogP contribution in [0.25, 0.3) is 6.08 Å². The van der Waals surface area contributed by atoms with Gasteiger partial charge in [-0.25, -0.2) is 0 Å². The lowest BCUT2D eigenvalue weighted by atomic mass is 10.0. The summed E-state index contributed by atoms with van der Waals surface area (Å²) in [5.41, 5.74) is 0.858. The molecule has 0 atom stereocenters. The zero-order chi connectivity index (χ0) is 21.0. The fourth-order valence-corrected chi connectivity index (χ4v) is 3.01. The number of phenols is 1. The number of aromatic hydroxyl groups is 1. The van der Waals surface area contributed by atoms with Crippen molar-refractivity contribution in [2.75, 3.05) is 13.1 Å². The molecule has 0 radical (unpaired) electrons. The molecule has 0 saturated carbocycles. The maximum atomic E-state index is 12.7. The number of Topliss-reactive ketones (excluding diaryl/α,β-unsaturated/α-hetero) is 1. The van der Waals surface area contributed by atoms with E-state index in [1.807, 2.05) is 12.1 Å². The number of nitro groups is 1. The molecule has 0 spiro atoms. The summed E-state index contributed by atoms with van der Waals surface area (Å²) in [6, 6.07) is 12.5. The zero-order valence-electron chi connectivity index (χ0n) is 15.1. The third-order valence-electron chi connectivity index (χ3n) is 4.38. The number of benzene rings is 2. The van der Waals surface area contributed by atoms with E-state index >= 15 is 0 Å². The number of allylic oxidation sites excluding steroid dienone is 1. The molecular weight excluding hydrogens is 376 g/mol. The number of ether oxygens (including phenoxy) is 1. The van der Waals surface area contributed by atoms with Crippen LogP contribution in [0.15, 0.2) is 42.2 Å². The molecule has 1 aliphatic rings. The van der Waals surface area contributed by atoms with Crippen LogP contribution >= 0.6 is 0 Å². The molecule has 0 bridgehead atoms. The summed E-state index contributed by atoms with van der Waals surface area (Å²) in [7, 11) is 0. The average Bonchev–Trinajstić information content (AvgIpc) is 3.00. The Bertz CT molecular complexity index is 1090. The van der Waals surface area contributed by atoms with Crippen molar-refractivity contribution >= 4 is 17.5 Å². The first-order chi connectivity index (χ1) is 13.9. The Balaban J connectivity index is 1.96. The molecule has 0 aromatic heterocycles. The van der Waals surface area contributed by atoms with Gasteiger partial charge in [-0.3, -0.25) is 14.9 Å². The van der Waals surface area contributed by atoms with Crippen molar-refractivity contribution in [2.45, 2.75) is 6.54 Å². The number of phenolic OH excluding ortho intramolecular Hbond substituents is 1. The maximum absolute atomic E-state index is 12.7. The Kier molecular flexibility index (Phi) is 5.54. The minimum Gasteiger partial charge on any atom is -0.507 e. The number of non-ortho nitro benzene ring substituents is 1. The average molecular weight is 391 g/mol. The van der Waals surface area contributed by atoms with Gasteiger partial charge < -0.3 is 14.7 Å². The smallest absolute Gasteiger partial charge is 0.270 e. The Morgan fingerprint density at radius 2 is 1.93 bits per heavy atom. The van der Waals surface area contributed by atoms with E-state index in [1.54, 1.807) is 6.07 Å². The second kappa shape index (κ2) is 8.21. The lowest BCUT2D eigenvalue weighted by Crippen LogP contribution is -3.10. The van der Waals surface area contributed by atoms with Gasteiger partial charge in [-0.2, -0.15) is 10.5 Å². The molecule has 2 aromatic carbocycles. The first-order valence-electron chi connectivity index (χ1n) is 8.55. The number of ketones is 1. The van der Waals surface area contributed by atoms with Crippen LogP contribution in [0.4, 0.5) is 5.69 Å². The van der Waals surface area contributed by atoms with Crippen molar-refractivity contribution in [1.82, 2.24) is 0 Å². The lowest BCUT2D eigenvalue weighted by molar-refractivity contribution is -0.899. The highest BCUT2D eigenvalue weighted by Crippen LogP contribution is 2.39. The number of carbonyl (C=O) groups excluding carboxylic acids is 1. The van der Waals surface area contributed by atoms with Crippen LogP contribution in [0.5, 0.6) is 11.5 Å². The summed E-state index contributed by atoms with van der Waals surface area (Å²) >= 11 is 0. The Labute approximate surface area is 165 Å². The van der Waals surface area contributed by atoms with Gasteiger partial charge in [0.1, 0.15) is 24.4 Å². The van der Waals surface area contributed by atoms with E-state index in [0.717, 1.165) is 0 Å².